The molecule has 0 aliphatic carbocycles. The number of anilines is 1. The first-order valence-electron chi connectivity index (χ1n) is 6.12. The summed E-state index contributed by atoms with van der Waals surface area (Å²) in [5.41, 5.74) is 1.51. The Morgan fingerprint density at radius 1 is 1.37 bits per heavy atom. The topological polar surface area (TPSA) is 46.9 Å². The maximum absolute atomic E-state index is 12.7. The molecule has 0 aliphatic rings. The number of nitrogens with one attached hydrogen (secondary N) is 1. The second-order valence-electron chi connectivity index (χ2n) is 4.55. The molecule has 4 nitrogen and oxygen atoms in total. The lowest BCUT2D eigenvalue weighted by Crippen LogP contribution is -2.18. The Kier molecular flexibility index (Phi) is 3.94. The average molecular weight is 261 g/mol. The molecule has 1 heterocycles. The first kappa shape index (κ1) is 13.3. The van der Waals surface area contributed by atoms with Crippen molar-refractivity contribution in [2.24, 2.45) is 0 Å². The maximum atomic E-state index is 12.7. The van der Waals surface area contributed by atoms with Gasteiger partial charge in [0.2, 0.25) is 5.91 Å². The number of rotatable bonds is 4. The molecule has 1 atom stereocenters. The summed E-state index contributed by atoms with van der Waals surface area (Å²) in [6, 6.07) is 7.58. The van der Waals surface area contributed by atoms with Crippen LogP contribution in [0.2, 0.25) is 0 Å². The van der Waals surface area contributed by atoms with Crippen molar-refractivity contribution < 1.29 is 9.18 Å². The minimum Gasteiger partial charge on any atom is -0.326 e. The van der Waals surface area contributed by atoms with Gasteiger partial charge in [0.1, 0.15) is 5.82 Å². The maximum Gasteiger partial charge on any atom is 0.226 e. The summed E-state index contributed by atoms with van der Waals surface area (Å²) < 4.78 is 14.5. The van der Waals surface area contributed by atoms with Crippen LogP contribution in [0.1, 0.15) is 25.1 Å². The zero-order chi connectivity index (χ0) is 13.8. The van der Waals surface area contributed by atoms with E-state index in [1.54, 1.807) is 4.68 Å². The highest BCUT2D eigenvalue weighted by Gasteiger charge is 2.11. The van der Waals surface area contributed by atoms with E-state index < -0.39 is 0 Å². The summed E-state index contributed by atoms with van der Waals surface area (Å²) in [5.74, 6) is -0.439. The average Bonchev–Trinajstić information content (AvgIpc) is 2.79. The lowest BCUT2D eigenvalue weighted by atomic mass is 10.2. The van der Waals surface area contributed by atoms with Gasteiger partial charge in [-0.05, 0) is 44.2 Å². The fraction of sp³-hybridized carbons (Fsp3) is 0.286. The molecule has 2 rings (SSSR count). The molecule has 1 aromatic carbocycles. The summed E-state index contributed by atoms with van der Waals surface area (Å²) in [5, 5.41) is 7.00. The Bertz CT molecular complexity index is 562. The summed E-state index contributed by atoms with van der Waals surface area (Å²) in [6.07, 6.45) is 2.17. The number of hydrogen-bond acceptors (Lipinski definition) is 2. The molecule has 1 unspecified atom stereocenters. The van der Waals surface area contributed by atoms with Crippen molar-refractivity contribution in [3.05, 3.63) is 48.0 Å². The first-order valence-corrected chi connectivity index (χ1v) is 6.12. The molecule has 1 aromatic heterocycles. The number of carbonyl (C=O) groups excluding carboxylic acids is 1. The normalized spacial score (nSPS) is 12.2. The number of benzene rings is 1. The van der Waals surface area contributed by atoms with Gasteiger partial charge in [-0.2, -0.15) is 5.10 Å². The van der Waals surface area contributed by atoms with Gasteiger partial charge in [-0.15, -0.1) is 0 Å². The second kappa shape index (κ2) is 5.65. The number of amides is 1. The molecule has 19 heavy (non-hydrogen) atoms. The van der Waals surface area contributed by atoms with Crippen molar-refractivity contribution in [3.63, 3.8) is 0 Å². The van der Waals surface area contributed by atoms with E-state index >= 15 is 0 Å². The van der Waals surface area contributed by atoms with Crippen molar-refractivity contribution >= 4 is 11.6 Å². The van der Waals surface area contributed by atoms with Crippen LogP contribution in [0.15, 0.2) is 36.5 Å². The highest BCUT2D eigenvalue weighted by Crippen LogP contribution is 2.13. The molecular formula is C14H16FN3O. The molecule has 1 N–H and O–H groups in total. The second-order valence-corrected chi connectivity index (χ2v) is 4.55. The Morgan fingerprint density at radius 2 is 2.05 bits per heavy atom. The van der Waals surface area contributed by atoms with Gasteiger partial charge in [0.25, 0.3) is 0 Å². The van der Waals surface area contributed by atoms with Gasteiger partial charge in [0.15, 0.2) is 0 Å². The smallest absolute Gasteiger partial charge is 0.226 e. The van der Waals surface area contributed by atoms with Crippen molar-refractivity contribution in [2.45, 2.75) is 26.3 Å². The first-order chi connectivity index (χ1) is 9.04. The van der Waals surface area contributed by atoms with Gasteiger partial charge < -0.3 is 5.32 Å². The van der Waals surface area contributed by atoms with Gasteiger partial charge in [0.05, 0.1) is 11.7 Å². The van der Waals surface area contributed by atoms with Gasteiger partial charge in [0, 0.05) is 18.3 Å². The van der Waals surface area contributed by atoms with Gasteiger partial charge in [-0.3, -0.25) is 9.48 Å². The monoisotopic (exact) mass is 261 g/mol. The van der Waals surface area contributed by atoms with Gasteiger partial charge in [-0.25, -0.2) is 4.39 Å². The number of halogens is 1. The number of carbonyl (C=O) groups is 1. The molecule has 0 fully saturated rings. The minimum atomic E-state index is -0.321. The molecule has 0 saturated heterocycles. The number of nitrogens with zero attached hydrogens (tertiary/aromatic N) is 2. The van der Waals surface area contributed by atoms with Crippen molar-refractivity contribution in [3.8, 4) is 0 Å². The van der Waals surface area contributed by atoms with Crippen LogP contribution in [-0.4, -0.2) is 15.7 Å². The third-order valence-electron chi connectivity index (χ3n) is 2.80. The van der Waals surface area contributed by atoms with Crippen LogP contribution in [0.3, 0.4) is 0 Å². The molecule has 0 radical (unpaired) electrons. The molecule has 0 aliphatic heterocycles. The van der Waals surface area contributed by atoms with Crippen molar-refractivity contribution in [2.75, 3.05) is 5.32 Å². The standard InChI is InChI=1S/C14H16FN3O/c1-10-7-8-18(17-10)11(2)9-14(19)16-13-5-3-12(15)4-6-13/h3-8,11H,9H2,1-2H3,(H,16,19). The molecule has 0 spiro atoms. The van der Waals surface area contributed by atoms with E-state index in [0.717, 1.165) is 5.69 Å². The molecular weight excluding hydrogens is 245 g/mol. The third kappa shape index (κ3) is 3.64. The Labute approximate surface area is 111 Å². The van der Waals surface area contributed by atoms with Crippen LogP contribution >= 0.6 is 0 Å². The fourth-order valence-electron chi connectivity index (χ4n) is 1.79. The summed E-state index contributed by atoms with van der Waals surface area (Å²) in [4.78, 5) is 11.8. The Morgan fingerprint density at radius 3 is 2.63 bits per heavy atom. The largest absolute Gasteiger partial charge is 0.326 e. The van der Waals surface area contributed by atoms with E-state index in [1.807, 2.05) is 26.1 Å². The van der Waals surface area contributed by atoms with E-state index in [-0.39, 0.29) is 17.8 Å². The summed E-state index contributed by atoms with van der Waals surface area (Å²) in [6.45, 7) is 3.83. The molecule has 2 aromatic rings. The van der Waals surface area contributed by atoms with Crippen LogP contribution in [-0.2, 0) is 4.79 Å². The molecule has 1 amide bonds. The Balaban J connectivity index is 1.92. The van der Waals surface area contributed by atoms with Gasteiger partial charge >= 0.3 is 0 Å². The van der Waals surface area contributed by atoms with Gasteiger partial charge in [-0.1, -0.05) is 0 Å². The predicted octanol–water partition coefficient (Wildman–Crippen LogP) is 2.92. The van der Waals surface area contributed by atoms with Crippen LogP contribution < -0.4 is 5.32 Å². The third-order valence-corrected chi connectivity index (χ3v) is 2.80. The predicted molar refractivity (Wildman–Crippen MR) is 71.3 cm³/mol. The van der Waals surface area contributed by atoms with Crippen LogP contribution in [0.5, 0.6) is 0 Å². The zero-order valence-electron chi connectivity index (χ0n) is 10.9. The van der Waals surface area contributed by atoms with Crippen molar-refractivity contribution in [1.29, 1.82) is 0 Å². The lowest BCUT2D eigenvalue weighted by molar-refractivity contribution is -0.116. The molecule has 100 valence electrons. The minimum absolute atomic E-state index is 0.0193. The summed E-state index contributed by atoms with van der Waals surface area (Å²) in [7, 11) is 0. The van der Waals surface area contributed by atoms with Crippen LogP contribution in [0, 0.1) is 12.7 Å². The molecule has 0 saturated carbocycles. The van der Waals surface area contributed by atoms with E-state index in [9.17, 15) is 9.18 Å². The van der Waals surface area contributed by atoms with Crippen LogP contribution in [0.25, 0.3) is 0 Å². The van der Waals surface area contributed by atoms with Crippen LogP contribution in [0.4, 0.5) is 10.1 Å². The van der Waals surface area contributed by atoms with Crippen molar-refractivity contribution in [1.82, 2.24) is 9.78 Å². The highest BCUT2D eigenvalue weighted by molar-refractivity contribution is 5.90. The van der Waals surface area contributed by atoms with E-state index in [0.29, 0.717) is 12.1 Å². The lowest BCUT2D eigenvalue weighted by Gasteiger charge is -2.12. The van der Waals surface area contributed by atoms with E-state index in [2.05, 4.69) is 10.4 Å². The Hall–Kier alpha value is -2.17. The number of hydrogen-bond donors (Lipinski definition) is 1. The SMILES string of the molecule is Cc1ccn(C(C)CC(=O)Nc2ccc(F)cc2)n1. The number of aromatic nitrogens is 2. The fourth-order valence-corrected chi connectivity index (χ4v) is 1.79. The highest BCUT2D eigenvalue weighted by atomic mass is 19.1. The number of aryl methyl sites for hydroxylation is 1. The van der Waals surface area contributed by atoms with E-state index in [4.69, 9.17) is 0 Å². The van der Waals surface area contributed by atoms with E-state index in [1.165, 1.54) is 24.3 Å². The quantitative estimate of drug-likeness (QED) is 0.919. The molecule has 5 heteroatoms. The zero-order valence-corrected chi connectivity index (χ0v) is 10.9. The molecule has 0 bridgehead atoms. The summed E-state index contributed by atoms with van der Waals surface area (Å²) >= 11 is 0.